The fraction of sp³-hybridized carbons (Fsp3) is 0.529. The molecular weight excluding hydrogens is 330 g/mol. The van der Waals surface area contributed by atoms with Gasteiger partial charge in [0.05, 0.1) is 5.25 Å². The molecule has 2 N–H and O–H groups in total. The molecule has 6 nitrogen and oxygen atoms in total. The molecule has 0 bridgehead atoms. The molecule has 2 rings (SSSR count). The number of hydrogen-bond donors (Lipinski definition) is 2. The van der Waals surface area contributed by atoms with Crippen LogP contribution in [0.1, 0.15) is 48.4 Å². The third kappa shape index (κ3) is 4.56. The second-order valence-corrected chi connectivity index (χ2v) is 8.75. The van der Waals surface area contributed by atoms with Crippen LogP contribution < -0.4 is 5.32 Å². The van der Waals surface area contributed by atoms with Crippen molar-refractivity contribution in [1.82, 2.24) is 5.32 Å². The lowest BCUT2D eigenvalue weighted by Crippen LogP contribution is -2.39. The topological polar surface area (TPSA) is 101 Å². The number of aliphatic carboxylic acids is 1. The van der Waals surface area contributed by atoms with Gasteiger partial charge in [-0.3, -0.25) is 4.79 Å². The number of hydrogen-bond acceptors (Lipinski definition) is 4. The Kier molecular flexibility index (Phi) is 5.64. The van der Waals surface area contributed by atoms with E-state index in [1.165, 1.54) is 0 Å². The summed E-state index contributed by atoms with van der Waals surface area (Å²) in [6, 6.07) is 4.00. The molecule has 1 saturated carbocycles. The van der Waals surface area contributed by atoms with E-state index in [9.17, 15) is 23.1 Å². The number of carboxylic acids is 1. The highest BCUT2D eigenvalue weighted by Gasteiger charge is 2.32. The van der Waals surface area contributed by atoms with Gasteiger partial charge >= 0.3 is 5.97 Å². The lowest BCUT2D eigenvalue weighted by molar-refractivity contribution is -0.141. The lowest BCUT2D eigenvalue weighted by atomic mass is 10.0. The Morgan fingerprint density at radius 3 is 2.21 bits per heavy atom. The van der Waals surface area contributed by atoms with Crippen LogP contribution in [-0.4, -0.2) is 36.4 Å². The number of aryl methyl sites for hydroxylation is 2. The van der Waals surface area contributed by atoms with Crippen molar-refractivity contribution in [2.75, 3.05) is 5.75 Å². The Bertz CT molecular complexity index is 715. The summed E-state index contributed by atoms with van der Waals surface area (Å²) in [5.74, 6) is -2.65. The second-order valence-electron chi connectivity index (χ2n) is 6.47. The fourth-order valence-electron chi connectivity index (χ4n) is 3.21. The Labute approximate surface area is 142 Å². The average molecular weight is 353 g/mol. The minimum Gasteiger partial charge on any atom is -0.479 e. The van der Waals surface area contributed by atoms with Gasteiger partial charge in [-0.15, -0.1) is 0 Å². The molecule has 1 aromatic carbocycles. The number of carbonyl (C=O) groups is 2. The van der Waals surface area contributed by atoms with E-state index in [0.29, 0.717) is 18.4 Å². The summed E-state index contributed by atoms with van der Waals surface area (Å²) in [6.07, 6.45) is 2.86. The summed E-state index contributed by atoms with van der Waals surface area (Å²) < 4.78 is 24.5. The third-order valence-corrected chi connectivity index (χ3v) is 6.42. The molecule has 1 fully saturated rings. The molecule has 1 unspecified atom stereocenters. The quantitative estimate of drug-likeness (QED) is 0.813. The highest BCUT2D eigenvalue weighted by molar-refractivity contribution is 7.92. The second kappa shape index (κ2) is 7.34. The van der Waals surface area contributed by atoms with E-state index in [1.807, 2.05) is 19.9 Å². The Morgan fingerprint density at radius 1 is 1.17 bits per heavy atom. The van der Waals surface area contributed by atoms with Crippen molar-refractivity contribution in [2.24, 2.45) is 0 Å². The molecule has 0 radical (unpaired) electrons. The number of rotatable bonds is 6. The van der Waals surface area contributed by atoms with Crippen molar-refractivity contribution in [3.63, 3.8) is 0 Å². The molecule has 1 amide bonds. The maximum absolute atomic E-state index is 12.2. The highest BCUT2D eigenvalue weighted by Crippen LogP contribution is 2.25. The van der Waals surface area contributed by atoms with Crippen molar-refractivity contribution < 1.29 is 23.1 Å². The van der Waals surface area contributed by atoms with E-state index in [1.54, 1.807) is 12.1 Å². The number of benzene rings is 1. The minimum absolute atomic E-state index is 0.437. The number of carboxylic acid groups (broad SMARTS) is 1. The number of nitrogens with one attached hydrogen (secondary N) is 1. The van der Waals surface area contributed by atoms with Gasteiger partial charge in [0.2, 0.25) is 5.91 Å². The summed E-state index contributed by atoms with van der Waals surface area (Å²) in [5.41, 5.74) is 2.19. The van der Waals surface area contributed by atoms with E-state index < -0.39 is 38.8 Å². The molecule has 0 saturated heterocycles. The van der Waals surface area contributed by atoms with Crippen LogP contribution in [0.25, 0.3) is 0 Å². The average Bonchev–Trinajstić information content (AvgIpc) is 2.97. The first-order chi connectivity index (χ1) is 11.2. The van der Waals surface area contributed by atoms with Gasteiger partial charge in [0, 0.05) is 0 Å². The number of amides is 1. The van der Waals surface area contributed by atoms with Gasteiger partial charge in [-0.05, 0) is 32.3 Å². The monoisotopic (exact) mass is 353 g/mol. The van der Waals surface area contributed by atoms with Crippen LogP contribution in [0.4, 0.5) is 0 Å². The van der Waals surface area contributed by atoms with Gasteiger partial charge in [0.1, 0.15) is 5.75 Å². The molecule has 1 aromatic rings. The van der Waals surface area contributed by atoms with E-state index in [2.05, 4.69) is 5.32 Å². The maximum Gasteiger partial charge on any atom is 0.330 e. The molecule has 7 heteroatoms. The Morgan fingerprint density at radius 2 is 1.71 bits per heavy atom. The fourth-order valence-corrected chi connectivity index (χ4v) is 4.95. The lowest BCUT2D eigenvalue weighted by Gasteiger charge is -2.17. The van der Waals surface area contributed by atoms with Gasteiger partial charge in [-0.1, -0.05) is 42.2 Å². The number of carbonyl (C=O) groups excluding carboxylic acids is 1. The molecule has 1 aliphatic carbocycles. The maximum atomic E-state index is 12.2. The summed E-state index contributed by atoms with van der Waals surface area (Å²) in [6.45, 7) is 3.67. The third-order valence-electron chi connectivity index (χ3n) is 4.27. The summed E-state index contributed by atoms with van der Waals surface area (Å²) in [7, 11) is -3.53. The summed E-state index contributed by atoms with van der Waals surface area (Å²) >= 11 is 0. The van der Waals surface area contributed by atoms with Gasteiger partial charge in [0.15, 0.2) is 15.9 Å². The van der Waals surface area contributed by atoms with Gasteiger partial charge in [-0.2, -0.15) is 0 Å². The van der Waals surface area contributed by atoms with Gasteiger partial charge in [-0.25, -0.2) is 13.2 Å². The van der Waals surface area contributed by atoms with Crippen molar-refractivity contribution in [2.45, 2.75) is 50.8 Å². The first-order valence-corrected chi connectivity index (χ1v) is 9.72. The molecule has 24 heavy (non-hydrogen) atoms. The van der Waals surface area contributed by atoms with Gasteiger partial charge < -0.3 is 10.4 Å². The Hall–Kier alpha value is -1.89. The van der Waals surface area contributed by atoms with E-state index >= 15 is 0 Å². The highest BCUT2D eigenvalue weighted by atomic mass is 32.2. The van der Waals surface area contributed by atoms with Crippen LogP contribution in [0.5, 0.6) is 0 Å². The van der Waals surface area contributed by atoms with Crippen LogP contribution in [0.2, 0.25) is 0 Å². The first-order valence-electron chi connectivity index (χ1n) is 8.01. The SMILES string of the molecule is Cc1cc(C)cc(C(NC(=O)CS(=O)(=O)C2CCCC2)C(=O)O)c1. The Balaban J connectivity index is 2.13. The van der Waals surface area contributed by atoms with E-state index in [4.69, 9.17) is 0 Å². The predicted molar refractivity (Wildman–Crippen MR) is 90.5 cm³/mol. The standard InChI is InChI=1S/C17H23NO5S/c1-11-7-12(2)9-13(8-11)16(17(20)21)18-15(19)10-24(22,23)14-5-3-4-6-14/h7-9,14,16H,3-6,10H2,1-2H3,(H,18,19)(H,20,21). The molecule has 0 spiro atoms. The van der Waals surface area contributed by atoms with Gasteiger partial charge in [0.25, 0.3) is 0 Å². The molecule has 0 heterocycles. The van der Waals surface area contributed by atoms with Crippen molar-refractivity contribution in [3.05, 3.63) is 34.9 Å². The van der Waals surface area contributed by atoms with Crippen LogP contribution in [0, 0.1) is 13.8 Å². The largest absolute Gasteiger partial charge is 0.479 e. The number of sulfone groups is 1. The molecular formula is C17H23NO5S. The van der Waals surface area contributed by atoms with Crippen LogP contribution in [0.15, 0.2) is 18.2 Å². The van der Waals surface area contributed by atoms with E-state index in [-0.39, 0.29) is 0 Å². The smallest absolute Gasteiger partial charge is 0.330 e. The van der Waals surface area contributed by atoms with Crippen LogP contribution in [-0.2, 0) is 19.4 Å². The van der Waals surface area contributed by atoms with Crippen molar-refractivity contribution in [1.29, 1.82) is 0 Å². The molecule has 1 atom stereocenters. The zero-order valence-electron chi connectivity index (χ0n) is 13.9. The molecule has 0 aliphatic heterocycles. The van der Waals surface area contributed by atoms with Crippen molar-refractivity contribution in [3.8, 4) is 0 Å². The zero-order valence-corrected chi connectivity index (χ0v) is 14.7. The summed E-state index contributed by atoms with van der Waals surface area (Å²) in [5, 5.41) is 11.3. The molecule has 1 aliphatic rings. The van der Waals surface area contributed by atoms with Crippen LogP contribution >= 0.6 is 0 Å². The van der Waals surface area contributed by atoms with E-state index in [0.717, 1.165) is 24.0 Å². The van der Waals surface area contributed by atoms with Crippen molar-refractivity contribution >= 4 is 21.7 Å². The predicted octanol–water partition coefficient (Wildman–Crippen LogP) is 1.90. The molecule has 132 valence electrons. The first kappa shape index (κ1) is 18.4. The minimum atomic E-state index is -3.53. The normalized spacial score (nSPS) is 16.8. The van der Waals surface area contributed by atoms with Crippen LogP contribution in [0.3, 0.4) is 0 Å². The molecule has 0 aromatic heterocycles. The zero-order chi connectivity index (χ0) is 17.9. The summed E-state index contributed by atoms with van der Waals surface area (Å²) in [4.78, 5) is 23.6.